The van der Waals surface area contributed by atoms with Crippen LogP contribution in [0.25, 0.3) is 5.57 Å². The molecular formula is C8H7BrClN. The maximum atomic E-state index is 5.58. The largest absolute Gasteiger partial charge is 0.241 e. The van der Waals surface area contributed by atoms with Crippen LogP contribution in [0, 0.1) is 0 Å². The highest BCUT2D eigenvalue weighted by Gasteiger charge is 1.97. The maximum absolute atomic E-state index is 5.58. The van der Waals surface area contributed by atoms with Crippen LogP contribution in [0.4, 0.5) is 0 Å². The van der Waals surface area contributed by atoms with Crippen molar-refractivity contribution in [3.8, 4) is 0 Å². The van der Waals surface area contributed by atoms with Gasteiger partial charge in [-0.05, 0) is 33.6 Å². The Balaban J connectivity index is 2.96. The lowest BCUT2D eigenvalue weighted by Crippen LogP contribution is -1.88. The fourth-order valence-corrected chi connectivity index (χ4v) is 1.15. The van der Waals surface area contributed by atoms with Crippen molar-refractivity contribution < 1.29 is 0 Å². The van der Waals surface area contributed by atoms with Crippen LogP contribution in [0.3, 0.4) is 0 Å². The number of allylic oxidation sites excluding steroid dienone is 1. The van der Waals surface area contributed by atoms with Gasteiger partial charge in [-0.3, -0.25) is 0 Å². The van der Waals surface area contributed by atoms with Crippen LogP contribution in [-0.4, -0.2) is 10.9 Å². The molecular weight excluding hydrogens is 225 g/mol. The first-order valence-electron chi connectivity index (χ1n) is 3.10. The number of aromatic nitrogens is 1. The third-order valence-corrected chi connectivity index (χ3v) is 2.00. The number of halogens is 2. The summed E-state index contributed by atoms with van der Waals surface area (Å²) >= 11 is 8.85. The van der Waals surface area contributed by atoms with E-state index in [4.69, 9.17) is 11.6 Å². The van der Waals surface area contributed by atoms with E-state index in [9.17, 15) is 0 Å². The topological polar surface area (TPSA) is 12.9 Å². The van der Waals surface area contributed by atoms with E-state index in [1.807, 2.05) is 18.2 Å². The van der Waals surface area contributed by atoms with Gasteiger partial charge in [0.05, 0.1) is 5.69 Å². The minimum absolute atomic E-state index is 0.420. The number of hydrogen-bond donors (Lipinski definition) is 0. The predicted octanol–water partition coefficient (Wildman–Crippen LogP) is 3.10. The average molecular weight is 233 g/mol. The highest BCUT2D eigenvalue weighted by atomic mass is 79.9. The molecule has 0 aliphatic heterocycles. The third kappa shape index (κ3) is 2.31. The van der Waals surface area contributed by atoms with Gasteiger partial charge in [0.25, 0.3) is 0 Å². The Morgan fingerprint density at radius 1 is 1.64 bits per heavy atom. The highest BCUT2D eigenvalue weighted by Crippen LogP contribution is 2.13. The molecule has 0 saturated carbocycles. The maximum Gasteiger partial charge on any atom is 0.106 e. The molecule has 11 heavy (non-hydrogen) atoms. The second-order valence-corrected chi connectivity index (χ2v) is 3.16. The zero-order chi connectivity index (χ0) is 8.27. The zero-order valence-electron chi connectivity index (χ0n) is 5.85. The molecule has 1 aromatic heterocycles. The van der Waals surface area contributed by atoms with Crippen LogP contribution < -0.4 is 0 Å². The van der Waals surface area contributed by atoms with E-state index < -0.39 is 0 Å². The van der Waals surface area contributed by atoms with Gasteiger partial charge in [0.15, 0.2) is 0 Å². The van der Waals surface area contributed by atoms with Gasteiger partial charge in [0.2, 0.25) is 0 Å². The van der Waals surface area contributed by atoms with Crippen molar-refractivity contribution >= 4 is 33.1 Å². The Kier molecular flexibility index (Phi) is 3.09. The van der Waals surface area contributed by atoms with E-state index in [-0.39, 0.29) is 0 Å². The van der Waals surface area contributed by atoms with E-state index in [1.54, 1.807) is 0 Å². The van der Waals surface area contributed by atoms with Crippen molar-refractivity contribution in [2.24, 2.45) is 0 Å². The summed E-state index contributed by atoms with van der Waals surface area (Å²) in [6, 6.07) is 5.66. The Morgan fingerprint density at radius 2 is 2.36 bits per heavy atom. The molecule has 0 amide bonds. The van der Waals surface area contributed by atoms with Crippen LogP contribution >= 0.6 is 27.5 Å². The predicted molar refractivity (Wildman–Crippen MR) is 51.7 cm³/mol. The summed E-state index contributed by atoms with van der Waals surface area (Å²) in [6.07, 6.45) is 0. The Hall–Kier alpha value is -0.340. The molecule has 0 N–H and O–H groups in total. The van der Waals surface area contributed by atoms with Crippen molar-refractivity contribution in [2.45, 2.75) is 0 Å². The Labute approximate surface area is 79.2 Å². The van der Waals surface area contributed by atoms with Crippen molar-refractivity contribution in [1.29, 1.82) is 0 Å². The van der Waals surface area contributed by atoms with Gasteiger partial charge in [0.1, 0.15) is 4.60 Å². The van der Waals surface area contributed by atoms with Crippen LogP contribution in [0.5, 0.6) is 0 Å². The lowest BCUT2D eigenvalue weighted by molar-refractivity contribution is 1.23. The molecule has 0 aliphatic rings. The van der Waals surface area contributed by atoms with Gasteiger partial charge in [-0.1, -0.05) is 12.6 Å². The molecule has 58 valence electrons. The standard InChI is InChI=1S/C8H7BrClN/c1-6(5-10)7-3-2-4-8(9)11-7/h2-4H,1,5H2. The van der Waals surface area contributed by atoms with Gasteiger partial charge in [-0.15, -0.1) is 11.6 Å². The molecule has 1 aromatic rings. The van der Waals surface area contributed by atoms with E-state index in [2.05, 4.69) is 27.5 Å². The van der Waals surface area contributed by atoms with Crippen LogP contribution in [-0.2, 0) is 0 Å². The molecule has 0 bridgehead atoms. The van der Waals surface area contributed by atoms with Crippen LogP contribution in [0.1, 0.15) is 5.69 Å². The van der Waals surface area contributed by atoms with E-state index in [1.165, 1.54) is 0 Å². The molecule has 0 aliphatic carbocycles. The second-order valence-electron chi connectivity index (χ2n) is 2.08. The minimum atomic E-state index is 0.420. The average Bonchev–Trinajstić information content (AvgIpc) is 2.03. The van der Waals surface area contributed by atoms with E-state index >= 15 is 0 Å². The van der Waals surface area contributed by atoms with Crippen LogP contribution in [0.15, 0.2) is 29.4 Å². The van der Waals surface area contributed by atoms with Gasteiger partial charge in [-0.25, -0.2) is 4.98 Å². The molecule has 1 rings (SSSR count). The van der Waals surface area contributed by atoms with Gasteiger partial charge >= 0.3 is 0 Å². The van der Waals surface area contributed by atoms with Crippen molar-refractivity contribution in [2.75, 3.05) is 5.88 Å². The van der Waals surface area contributed by atoms with Crippen molar-refractivity contribution in [3.63, 3.8) is 0 Å². The number of pyridine rings is 1. The Bertz CT molecular complexity index is 273. The summed E-state index contributed by atoms with van der Waals surface area (Å²) < 4.78 is 0.807. The smallest absolute Gasteiger partial charge is 0.106 e. The number of alkyl halides is 1. The first kappa shape index (κ1) is 8.75. The molecule has 0 spiro atoms. The lowest BCUT2D eigenvalue weighted by atomic mass is 10.2. The number of hydrogen-bond acceptors (Lipinski definition) is 1. The fourth-order valence-electron chi connectivity index (χ4n) is 0.674. The van der Waals surface area contributed by atoms with Gasteiger partial charge in [-0.2, -0.15) is 0 Å². The Morgan fingerprint density at radius 3 is 2.91 bits per heavy atom. The molecule has 0 unspecified atom stereocenters. The quantitative estimate of drug-likeness (QED) is 0.564. The SMILES string of the molecule is C=C(CCl)c1cccc(Br)n1. The molecule has 0 aromatic carbocycles. The number of rotatable bonds is 2. The van der Waals surface area contributed by atoms with Crippen LogP contribution in [0.2, 0.25) is 0 Å². The zero-order valence-corrected chi connectivity index (χ0v) is 8.19. The molecule has 0 radical (unpaired) electrons. The summed E-state index contributed by atoms with van der Waals surface area (Å²) in [6.45, 7) is 3.77. The second kappa shape index (κ2) is 3.88. The monoisotopic (exact) mass is 231 g/mol. The summed E-state index contributed by atoms with van der Waals surface area (Å²) in [7, 11) is 0. The molecule has 1 heterocycles. The first-order valence-corrected chi connectivity index (χ1v) is 4.43. The van der Waals surface area contributed by atoms with Gasteiger partial charge in [0, 0.05) is 5.88 Å². The lowest BCUT2D eigenvalue weighted by Gasteiger charge is -1.99. The van der Waals surface area contributed by atoms with E-state index in [0.717, 1.165) is 15.9 Å². The van der Waals surface area contributed by atoms with Gasteiger partial charge < -0.3 is 0 Å². The fraction of sp³-hybridized carbons (Fsp3) is 0.125. The normalized spacial score (nSPS) is 9.64. The number of nitrogens with zero attached hydrogens (tertiary/aromatic N) is 1. The van der Waals surface area contributed by atoms with E-state index in [0.29, 0.717) is 5.88 Å². The first-order chi connectivity index (χ1) is 5.24. The van der Waals surface area contributed by atoms with Crippen molar-refractivity contribution in [3.05, 3.63) is 35.1 Å². The summed E-state index contributed by atoms with van der Waals surface area (Å²) in [5, 5.41) is 0. The molecule has 3 heteroatoms. The molecule has 0 atom stereocenters. The summed E-state index contributed by atoms with van der Waals surface area (Å²) in [5.74, 6) is 0.420. The highest BCUT2D eigenvalue weighted by molar-refractivity contribution is 9.10. The minimum Gasteiger partial charge on any atom is -0.241 e. The summed E-state index contributed by atoms with van der Waals surface area (Å²) in [5.41, 5.74) is 1.68. The molecule has 0 saturated heterocycles. The van der Waals surface area contributed by atoms with Crippen molar-refractivity contribution in [1.82, 2.24) is 4.98 Å². The molecule has 0 fully saturated rings. The summed E-state index contributed by atoms with van der Waals surface area (Å²) in [4.78, 5) is 4.18. The molecule has 1 nitrogen and oxygen atoms in total. The third-order valence-electron chi connectivity index (χ3n) is 1.24.